The molecule has 2 aliphatic rings. The number of hydrogen-bond acceptors (Lipinski definition) is 4. The molecular formula is C19H26N4O3. The number of likely N-dealkylation sites (N-methyl/N-ethyl adjacent to an activating group) is 1. The summed E-state index contributed by atoms with van der Waals surface area (Å²) in [5.74, 6) is -0.610. The Kier molecular flexibility index (Phi) is 5.27. The number of nitrogens with zero attached hydrogens (tertiary/aromatic N) is 1. The van der Waals surface area contributed by atoms with Crippen molar-refractivity contribution in [3.05, 3.63) is 35.4 Å². The molecule has 3 rings (SSSR count). The minimum absolute atomic E-state index is 0.0366. The molecule has 1 unspecified atom stereocenters. The second-order valence-corrected chi connectivity index (χ2v) is 7.09. The van der Waals surface area contributed by atoms with E-state index in [4.69, 9.17) is 0 Å². The van der Waals surface area contributed by atoms with E-state index >= 15 is 0 Å². The highest BCUT2D eigenvalue weighted by atomic mass is 16.2. The molecule has 0 aromatic heterocycles. The lowest BCUT2D eigenvalue weighted by Crippen LogP contribution is -2.57. The number of urea groups is 1. The van der Waals surface area contributed by atoms with E-state index in [9.17, 15) is 14.4 Å². The van der Waals surface area contributed by atoms with Crippen LogP contribution in [-0.2, 0) is 16.0 Å². The summed E-state index contributed by atoms with van der Waals surface area (Å²) in [6, 6.07) is 7.43. The summed E-state index contributed by atoms with van der Waals surface area (Å²) < 4.78 is 0. The Balaban J connectivity index is 1.96. The third-order valence-electron chi connectivity index (χ3n) is 5.55. The lowest BCUT2D eigenvalue weighted by molar-refractivity contribution is -0.136. The number of piperidine rings is 1. The van der Waals surface area contributed by atoms with Gasteiger partial charge in [-0.15, -0.1) is 0 Å². The number of amides is 4. The summed E-state index contributed by atoms with van der Waals surface area (Å²) in [6.45, 7) is 3.40. The van der Waals surface area contributed by atoms with Crippen LogP contribution in [0.2, 0.25) is 0 Å². The first kappa shape index (κ1) is 18.4. The van der Waals surface area contributed by atoms with Crippen LogP contribution < -0.4 is 16.0 Å². The Morgan fingerprint density at radius 3 is 2.62 bits per heavy atom. The molecule has 0 bridgehead atoms. The van der Waals surface area contributed by atoms with Crippen molar-refractivity contribution in [3.8, 4) is 0 Å². The molecular weight excluding hydrogens is 332 g/mol. The van der Waals surface area contributed by atoms with Crippen molar-refractivity contribution >= 4 is 17.8 Å². The fourth-order valence-electron chi connectivity index (χ4n) is 3.98. The number of carbonyl (C=O) groups is 3. The van der Waals surface area contributed by atoms with Gasteiger partial charge in [-0.05, 0) is 49.9 Å². The minimum Gasteiger partial charge on any atom is -0.358 e. The summed E-state index contributed by atoms with van der Waals surface area (Å²) in [5, 5.41) is 8.76. The summed E-state index contributed by atoms with van der Waals surface area (Å²) in [4.78, 5) is 38.7. The van der Waals surface area contributed by atoms with Crippen molar-refractivity contribution in [1.82, 2.24) is 20.9 Å². The molecule has 2 aliphatic heterocycles. The number of aryl methyl sites for hydroxylation is 1. The molecule has 0 spiro atoms. The van der Waals surface area contributed by atoms with Crippen LogP contribution in [0.4, 0.5) is 4.79 Å². The van der Waals surface area contributed by atoms with Crippen molar-refractivity contribution in [3.63, 3.8) is 0 Å². The summed E-state index contributed by atoms with van der Waals surface area (Å²) in [7, 11) is 1.49. The maximum atomic E-state index is 13.3. The van der Waals surface area contributed by atoms with Gasteiger partial charge in [-0.3, -0.25) is 14.5 Å². The molecule has 0 radical (unpaired) electrons. The predicted molar refractivity (Wildman–Crippen MR) is 97.5 cm³/mol. The van der Waals surface area contributed by atoms with E-state index in [1.807, 2.05) is 31.2 Å². The molecule has 4 amide bonds. The molecule has 0 saturated carbocycles. The van der Waals surface area contributed by atoms with Gasteiger partial charge in [-0.1, -0.05) is 24.3 Å². The molecule has 1 aromatic rings. The fourth-order valence-corrected chi connectivity index (χ4v) is 3.98. The molecule has 2 fully saturated rings. The molecule has 1 atom stereocenters. The molecule has 3 N–H and O–H groups in total. The van der Waals surface area contributed by atoms with Crippen LogP contribution in [0, 0.1) is 12.8 Å². The molecule has 1 aromatic carbocycles. The van der Waals surface area contributed by atoms with Crippen LogP contribution in [-0.4, -0.2) is 55.0 Å². The van der Waals surface area contributed by atoms with Gasteiger partial charge in [0.15, 0.2) is 0 Å². The molecule has 2 saturated heterocycles. The zero-order chi connectivity index (χ0) is 18.7. The van der Waals surface area contributed by atoms with Crippen LogP contribution in [0.25, 0.3) is 0 Å². The Bertz CT molecular complexity index is 714. The molecule has 140 valence electrons. The maximum absolute atomic E-state index is 13.3. The van der Waals surface area contributed by atoms with Crippen LogP contribution in [0.1, 0.15) is 24.0 Å². The highest BCUT2D eigenvalue weighted by Gasteiger charge is 2.55. The van der Waals surface area contributed by atoms with Gasteiger partial charge in [0.25, 0.3) is 5.91 Å². The zero-order valence-electron chi connectivity index (χ0n) is 15.3. The number of imide groups is 1. The largest absolute Gasteiger partial charge is 0.358 e. The van der Waals surface area contributed by atoms with Crippen LogP contribution >= 0.6 is 0 Å². The van der Waals surface area contributed by atoms with Crippen molar-refractivity contribution in [2.45, 2.75) is 31.7 Å². The van der Waals surface area contributed by atoms with Gasteiger partial charge < -0.3 is 16.0 Å². The van der Waals surface area contributed by atoms with Crippen molar-refractivity contribution in [1.29, 1.82) is 0 Å². The Labute approximate surface area is 153 Å². The third-order valence-corrected chi connectivity index (χ3v) is 5.55. The van der Waals surface area contributed by atoms with E-state index in [2.05, 4.69) is 16.0 Å². The third kappa shape index (κ3) is 3.31. The Morgan fingerprint density at radius 1 is 1.27 bits per heavy atom. The number of benzene rings is 1. The Hall–Kier alpha value is -2.41. The topological polar surface area (TPSA) is 90.5 Å². The highest BCUT2D eigenvalue weighted by Crippen LogP contribution is 2.35. The lowest BCUT2D eigenvalue weighted by atomic mass is 9.73. The average Bonchev–Trinajstić information content (AvgIpc) is 2.89. The molecule has 7 nitrogen and oxygen atoms in total. The van der Waals surface area contributed by atoms with Gasteiger partial charge in [-0.2, -0.15) is 0 Å². The van der Waals surface area contributed by atoms with Crippen molar-refractivity contribution < 1.29 is 14.4 Å². The number of hydrogen-bond donors (Lipinski definition) is 3. The van der Waals surface area contributed by atoms with Crippen LogP contribution in [0.3, 0.4) is 0 Å². The van der Waals surface area contributed by atoms with E-state index in [0.29, 0.717) is 6.42 Å². The first-order valence-electron chi connectivity index (χ1n) is 9.08. The summed E-state index contributed by atoms with van der Waals surface area (Å²) >= 11 is 0. The number of rotatable bonds is 5. The fraction of sp³-hybridized carbons (Fsp3) is 0.526. The van der Waals surface area contributed by atoms with E-state index in [-0.39, 0.29) is 24.3 Å². The standard InChI is InChI=1S/C19H26N4O3/c1-13-5-3-4-6-14(13)11-19(15-7-9-21-10-8-15)17(25)23(18(26)22-19)12-16(24)20-2/h3-6,15,21H,7-12H2,1-2H3,(H,20,24)(H,22,26). The summed E-state index contributed by atoms with van der Waals surface area (Å²) in [6.07, 6.45) is 2.07. The smallest absolute Gasteiger partial charge is 0.325 e. The van der Waals surface area contributed by atoms with Gasteiger partial charge in [0, 0.05) is 13.5 Å². The number of nitrogens with one attached hydrogen (secondary N) is 3. The second kappa shape index (κ2) is 7.45. The maximum Gasteiger partial charge on any atom is 0.325 e. The monoisotopic (exact) mass is 358 g/mol. The quantitative estimate of drug-likeness (QED) is 0.672. The van der Waals surface area contributed by atoms with Gasteiger partial charge in [0.2, 0.25) is 5.91 Å². The molecule has 7 heteroatoms. The first-order chi connectivity index (χ1) is 12.5. The van der Waals surface area contributed by atoms with E-state index < -0.39 is 11.6 Å². The SMILES string of the molecule is CNC(=O)CN1C(=O)NC(Cc2ccccc2C)(C2CCNCC2)C1=O. The van der Waals surface area contributed by atoms with Crippen LogP contribution in [0.15, 0.2) is 24.3 Å². The minimum atomic E-state index is -0.987. The van der Waals surface area contributed by atoms with E-state index in [1.54, 1.807) is 0 Å². The highest BCUT2D eigenvalue weighted by molar-refractivity contribution is 6.09. The second-order valence-electron chi connectivity index (χ2n) is 7.09. The first-order valence-corrected chi connectivity index (χ1v) is 9.08. The zero-order valence-corrected chi connectivity index (χ0v) is 15.3. The summed E-state index contributed by atoms with van der Waals surface area (Å²) in [5.41, 5.74) is 1.15. The van der Waals surface area contributed by atoms with E-state index in [1.165, 1.54) is 7.05 Å². The lowest BCUT2D eigenvalue weighted by Gasteiger charge is -2.38. The van der Waals surface area contributed by atoms with Gasteiger partial charge in [0.05, 0.1) is 0 Å². The van der Waals surface area contributed by atoms with Crippen LogP contribution in [0.5, 0.6) is 0 Å². The molecule has 0 aliphatic carbocycles. The van der Waals surface area contributed by atoms with Crippen molar-refractivity contribution in [2.75, 3.05) is 26.7 Å². The van der Waals surface area contributed by atoms with Crippen molar-refractivity contribution in [2.24, 2.45) is 5.92 Å². The van der Waals surface area contributed by atoms with Gasteiger partial charge in [-0.25, -0.2) is 4.79 Å². The van der Waals surface area contributed by atoms with E-state index in [0.717, 1.165) is 42.0 Å². The normalized spacial score (nSPS) is 23.8. The number of carbonyl (C=O) groups excluding carboxylic acids is 3. The predicted octanol–water partition coefficient (Wildman–Crippen LogP) is 0.574. The van der Waals surface area contributed by atoms with Gasteiger partial charge >= 0.3 is 6.03 Å². The molecule has 2 heterocycles. The van der Waals surface area contributed by atoms with Gasteiger partial charge in [0.1, 0.15) is 12.1 Å². The molecule has 26 heavy (non-hydrogen) atoms. The average molecular weight is 358 g/mol. The Morgan fingerprint density at radius 2 is 1.96 bits per heavy atom.